The van der Waals surface area contributed by atoms with Gasteiger partial charge in [-0.05, 0) is 48.4 Å². The van der Waals surface area contributed by atoms with Gasteiger partial charge in [-0.2, -0.15) is 0 Å². The highest BCUT2D eigenvalue weighted by Gasteiger charge is 2.23. The topological polar surface area (TPSA) is 67.3 Å². The highest BCUT2D eigenvalue weighted by atomic mass is 32.2. The molecule has 0 bridgehead atoms. The molecule has 0 amide bonds. The maximum Gasteiger partial charge on any atom is 0.208 e. The molecule has 0 aliphatic carbocycles. The number of hydrogen-bond donors (Lipinski definition) is 1. The van der Waals surface area contributed by atoms with Gasteiger partial charge in [-0.3, -0.25) is 4.98 Å². The lowest BCUT2D eigenvalue weighted by molar-refractivity contribution is 0.196. The highest BCUT2D eigenvalue weighted by molar-refractivity contribution is 7.91. The van der Waals surface area contributed by atoms with E-state index in [0.29, 0.717) is 5.56 Å². The standard InChI is InChI=1S/C21H18FNO3S/c1-15(24)20-12-13-23-14-21(20)27(25,26)19-10-6-17(7-11-19)3-2-16-4-8-18(22)9-5-16/h2-15,24H,1H3/t15-/m0/s1. The molecular weight excluding hydrogens is 365 g/mol. The number of pyridine rings is 1. The molecule has 3 aromatic rings. The molecule has 1 aromatic heterocycles. The Labute approximate surface area is 157 Å². The van der Waals surface area contributed by atoms with E-state index < -0.39 is 15.9 Å². The lowest BCUT2D eigenvalue weighted by Gasteiger charge is -2.12. The molecule has 1 atom stereocenters. The lowest BCUT2D eigenvalue weighted by Crippen LogP contribution is -2.08. The van der Waals surface area contributed by atoms with Gasteiger partial charge in [0.25, 0.3) is 0 Å². The summed E-state index contributed by atoms with van der Waals surface area (Å²) in [5, 5.41) is 9.83. The van der Waals surface area contributed by atoms with Crippen molar-refractivity contribution in [2.45, 2.75) is 22.8 Å². The minimum atomic E-state index is -3.79. The van der Waals surface area contributed by atoms with Crippen LogP contribution < -0.4 is 0 Å². The summed E-state index contributed by atoms with van der Waals surface area (Å²) in [5.41, 5.74) is 1.95. The first-order valence-electron chi connectivity index (χ1n) is 8.29. The number of rotatable bonds is 5. The third-order valence-electron chi connectivity index (χ3n) is 4.08. The molecule has 138 valence electrons. The number of aliphatic hydroxyl groups excluding tert-OH is 1. The summed E-state index contributed by atoms with van der Waals surface area (Å²) in [7, 11) is -3.79. The number of hydrogen-bond acceptors (Lipinski definition) is 4. The minimum absolute atomic E-state index is 0.00500. The molecule has 3 rings (SSSR count). The van der Waals surface area contributed by atoms with E-state index >= 15 is 0 Å². The highest BCUT2D eigenvalue weighted by Crippen LogP contribution is 2.27. The first-order valence-corrected chi connectivity index (χ1v) is 9.77. The average Bonchev–Trinajstić information content (AvgIpc) is 2.68. The number of nitrogens with zero attached hydrogens (tertiary/aromatic N) is 1. The predicted octanol–water partition coefficient (Wildman–Crippen LogP) is 4.28. The van der Waals surface area contributed by atoms with Crippen molar-refractivity contribution in [2.24, 2.45) is 0 Å². The van der Waals surface area contributed by atoms with E-state index in [1.54, 1.807) is 24.3 Å². The normalized spacial score (nSPS) is 13.0. The molecule has 0 spiro atoms. The van der Waals surface area contributed by atoms with Gasteiger partial charge in [-0.25, -0.2) is 12.8 Å². The second-order valence-electron chi connectivity index (χ2n) is 6.05. The van der Waals surface area contributed by atoms with E-state index in [1.807, 2.05) is 12.2 Å². The van der Waals surface area contributed by atoms with Gasteiger partial charge >= 0.3 is 0 Å². The second-order valence-corrected chi connectivity index (χ2v) is 7.96. The summed E-state index contributed by atoms with van der Waals surface area (Å²) < 4.78 is 38.7. The molecule has 0 unspecified atom stereocenters. The quantitative estimate of drug-likeness (QED) is 0.668. The molecule has 0 radical (unpaired) electrons. The minimum Gasteiger partial charge on any atom is -0.389 e. The Morgan fingerprint density at radius 1 is 0.963 bits per heavy atom. The molecule has 2 aromatic carbocycles. The molecule has 0 aliphatic heterocycles. The van der Waals surface area contributed by atoms with E-state index in [2.05, 4.69) is 4.98 Å². The second kappa shape index (κ2) is 7.82. The molecule has 0 saturated heterocycles. The van der Waals surface area contributed by atoms with E-state index in [4.69, 9.17) is 0 Å². The number of halogens is 1. The molecule has 1 N–H and O–H groups in total. The van der Waals surface area contributed by atoms with Crippen LogP contribution in [0, 0.1) is 5.82 Å². The first-order chi connectivity index (χ1) is 12.9. The molecule has 0 fully saturated rings. The van der Waals surface area contributed by atoms with E-state index in [1.165, 1.54) is 49.6 Å². The van der Waals surface area contributed by atoms with Crippen molar-refractivity contribution in [1.82, 2.24) is 4.98 Å². The summed E-state index contributed by atoms with van der Waals surface area (Å²) in [5.74, 6) is -0.298. The number of benzene rings is 2. The van der Waals surface area contributed by atoms with Gasteiger partial charge in [0.2, 0.25) is 9.84 Å². The van der Waals surface area contributed by atoms with Crippen LogP contribution in [0.2, 0.25) is 0 Å². The van der Waals surface area contributed by atoms with Crippen LogP contribution in [0.15, 0.2) is 76.8 Å². The van der Waals surface area contributed by atoms with Crippen LogP contribution in [0.3, 0.4) is 0 Å². The Kier molecular flexibility index (Phi) is 5.48. The Bertz CT molecular complexity index is 1060. The van der Waals surface area contributed by atoms with Crippen LogP contribution in [0.5, 0.6) is 0 Å². The Hall–Kier alpha value is -2.83. The van der Waals surface area contributed by atoms with Crippen molar-refractivity contribution < 1.29 is 17.9 Å². The maximum atomic E-state index is 12.9. The van der Waals surface area contributed by atoms with Crippen molar-refractivity contribution in [3.63, 3.8) is 0 Å². The first kappa shape index (κ1) is 18.9. The summed E-state index contributed by atoms with van der Waals surface area (Å²) in [4.78, 5) is 3.99. The zero-order valence-electron chi connectivity index (χ0n) is 14.6. The number of aromatic nitrogens is 1. The fourth-order valence-electron chi connectivity index (χ4n) is 2.61. The van der Waals surface area contributed by atoms with Crippen molar-refractivity contribution in [2.75, 3.05) is 0 Å². The van der Waals surface area contributed by atoms with Crippen molar-refractivity contribution >= 4 is 22.0 Å². The number of sulfone groups is 1. The third kappa shape index (κ3) is 4.30. The van der Waals surface area contributed by atoms with Crippen LogP contribution in [0.25, 0.3) is 12.2 Å². The van der Waals surface area contributed by atoms with E-state index in [0.717, 1.165) is 11.1 Å². The molecule has 0 aliphatic rings. The van der Waals surface area contributed by atoms with Crippen LogP contribution >= 0.6 is 0 Å². The Morgan fingerprint density at radius 2 is 1.52 bits per heavy atom. The van der Waals surface area contributed by atoms with Gasteiger partial charge in [0.1, 0.15) is 5.82 Å². The zero-order chi connectivity index (χ0) is 19.4. The molecule has 0 saturated carbocycles. The molecule has 1 heterocycles. The maximum absolute atomic E-state index is 12.9. The fourth-order valence-corrected chi connectivity index (χ4v) is 4.11. The smallest absolute Gasteiger partial charge is 0.208 e. The molecule has 27 heavy (non-hydrogen) atoms. The van der Waals surface area contributed by atoms with Gasteiger partial charge in [0.15, 0.2) is 0 Å². The van der Waals surface area contributed by atoms with E-state index in [-0.39, 0.29) is 15.6 Å². The van der Waals surface area contributed by atoms with E-state index in [9.17, 15) is 17.9 Å². The number of aliphatic hydroxyl groups is 1. The Morgan fingerprint density at radius 3 is 2.07 bits per heavy atom. The van der Waals surface area contributed by atoms with Gasteiger partial charge in [-0.15, -0.1) is 0 Å². The van der Waals surface area contributed by atoms with Gasteiger partial charge in [-0.1, -0.05) is 36.4 Å². The largest absolute Gasteiger partial charge is 0.389 e. The van der Waals surface area contributed by atoms with Crippen LogP contribution in [0.1, 0.15) is 29.7 Å². The third-order valence-corrected chi connectivity index (χ3v) is 5.90. The van der Waals surface area contributed by atoms with Crippen molar-refractivity contribution in [3.8, 4) is 0 Å². The summed E-state index contributed by atoms with van der Waals surface area (Å²) in [6.07, 6.45) is 5.41. The van der Waals surface area contributed by atoms with Crippen molar-refractivity contribution in [1.29, 1.82) is 0 Å². The summed E-state index contributed by atoms with van der Waals surface area (Å²) >= 11 is 0. The van der Waals surface area contributed by atoms with Gasteiger partial charge < -0.3 is 5.11 Å². The van der Waals surface area contributed by atoms with Gasteiger partial charge in [0.05, 0.1) is 15.9 Å². The summed E-state index contributed by atoms with van der Waals surface area (Å²) in [6, 6.07) is 14.0. The molecule has 6 heteroatoms. The Balaban J connectivity index is 1.87. The van der Waals surface area contributed by atoms with Crippen molar-refractivity contribution in [3.05, 3.63) is 89.5 Å². The lowest BCUT2D eigenvalue weighted by atomic mass is 10.1. The van der Waals surface area contributed by atoms with Crippen LogP contribution in [0.4, 0.5) is 4.39 Å². The predicted molar refractivity (Wildman–Crippen MR) is 102 cm³/mol. The summed E-state index contributed by atoms with van der Waals surface area (Å²) in [6.45, 7) is 1.51. The van der Waals surface area contributed by atoms with Crippen LogP contribution in [-0.4, -0.2) is 18.5 Å². The zero-order valence-corrected chi connectivity index (χ0v) is 15.4. The average molecular weight is 383 g/mol. The van der Waals surface area contributed by atoms with Gasteiger partial charge in [0, 0.05) is 18.0 Å². The molecular formula is C21H18FNO3S. The fraction of sp³-hybridized carbons (Fsp3) is 0.0952. The van der Waals surface area contributed by atoms with Crippen LogP contribution in [-0.2, 0) is 9.84 Å². The molecule has 4 nitrogen and oxygen atoms in total. The SMILES string of the molecule is C[C@H](O)c1ccncc1S(=O)(=O)c1ccc(C=Cc2ccc(F)cc2)cc1. The monoisotopic (exact) mass is 383 g/mol.